The molecule has 2 fully saturated rings. The number of rotatable bonds is 6. The molecule has 2 aliphatic rings. The van der Waals surface area contributed by atoms with E-state index >= 15 is 0 Å². The molecule has 1 heterocycles. The molecule has 1 aliphatic carbocycles. The van der Waals surface area contributed by atoms with Gasteiger partial charge in [0, 0.05) is 32.7 Å². The van der Waals surface area contributed by atoms with Crippen LogP contribution in [-0.2, 0) is 10.0 Å². The molecule has 0 radical (unpaired) electrons. The van der Waals surface area contributed by atoms with Gasteiger partial charge in [-0.05, 0) is 32.1 Å². The summed E-state index contributed by atoms with van der Waals surface area (Å²) in [5.41, 5.74) is 0. The fourth-order valence-corrected chi connectivity index (χ4v) is 3.78. The fourth-order valence-electron chi connectivity index (χ4n) is 2.65. The zero-order valence-electron chi connectivity index (χ0n) is 13.5. The lowest BCUT2D eigenvalue weighted by Crippen LogP contribution is -2.50. The SMILES string of the molecule is CCS(=O)(=O)N1CCC(NC(=NC)NCCC2CC2)CC1.I. The van der Waals surface area contributed by atoms with E-state index < -0.39 is 10.0 Å². The van der Waals surface area contributed by atoms with Gasteiger partial charge in [-0.2, -0.15) is 0 Å². The van der Waals surface area contributed by atoms with Crippen LogP contribution in [0.4, 0.5) is 0 Å². The summed E-state index contributed by atoms with van der Waals surface area (Å²) in [4.78, 5) is 4.25. The lowest BCUT2D eigenvalue weighted by Gasteiger charge is -2.32. The largest absolute Gasteiger partial charge is 0.356 e. The Bertz CT molecular complexity index is 457. The second-order valence-corrected chi connectivity index (χ2v) is 8.21. The highest BCUT2D eigenvalue weighted by Gasteiger charge is 2.27. The number of piperidine rings is 1. The first-order chi connectivity index (χ1) is 10.0. The van der Waals surface area contributed by atoms with Gasteiger partial charge in [0.15, 0.2) is 5.96 Å². The van der Waals surface area contributed by atoms with E-state index in [2.05, 4.69) is 15.6 Å². The average Bonchev–Trinajstić information content (AvgIpc) is 3.31. The molecule has 130 valence electrons. The molecule has 0 unspecified atom stereocenters. The van der Waals surface area contributed by atoms with E-state index in [0.29, 0.717) is 19.1 Å². The minimum Gasteiger partial charge on any atom is -0.356 e. The number of nitrogens with zero attached hydrogens (tertiary/aromatic N) is 2. The van der Waals surface area contributed by atoms with Crippen LogP contribution in [0.5, 0.6) is 0 Å². The van der Waals surface area contributed by atoms with Crippen LogP contribution in [-0.4, -0.2) is 57.2 Å². The Labute approximate surface area is 151 Å². The first-order valence-corrected chi connectivity index (χ1v) is 9.61. The molecule has 1 aliphatic heterocycles. The van der Waals surface area contributed by atoms with Crippen molar-refractivity contribution in [2.45, 2.75) is 45.1 Å². The van der Waals surface area contributed by atoms with Crippen molar-refractivity contribution in [2.75, 3.05) is 32.4 Å². The summed E-state index contributed by atoms with van der Waals surface area (Å²) < 4.78 is 25.2. The number of sulfonamides is 1. The number of hydrogen-bond acceptors (Lipinski definition) is 3. The smallest absolute Gasteiger partial charge is 0.213 e. The Kier molecular flexibility index (Phi) is 8.40. The Balaban J connectivity index is 0.00000242. The maximum absolute atomic E-state index is 11.8. The lowest BCUT2D eigenvalue weighted by atomic mass is 10.1. The molecular weight excluding hydrogens is 415 g/mol. The third-order valence-corrected chi connectivity index (χ3v) is 6.20. The second-order valence-electron chi connectivity index (χ2n) is 5.95. The molecule has 2 rings (SSSR count). The van der Waals surface area contributed by atoms with Gasteiger partial charge in [-0.3, -0.25) is 4.99 Å². The van der Waals surface area contributed by atoms with Crippen LogP contribution in [0.3, 0.4) is 0 Å². The number of nitrogens with one attached hydrogen (secondary N) is 2. The van der Waals surface area contributed by atoms with Crippen LogP contribution in [0.15, 0.2) is 4.99 Å². The van der Waals surface area contributed by atoms with Crippen molar-refractivity contribution < 1.29 is 8.42 Å². The molecule has 8 heteroatoms. The van der Waals surface area contributed by atoms with Crippen molar-refractivity contribution in [3.05, 3.63) is 0 Å². The van der Waals surface area contributed by atoms with Gasteiger partial charge in [-0.15, -0.1) is 24.0 Å². The summed E-state index contributed by atoms with van der Waals surface area (Å²) >= 11 is 0. The fraction of sp³-hybridized carbons (Fsp3) is 0.929. The van der Waals surface area contributed by atoms with Gasteiger partial charge in [0.2, 0.25) is 10.0 Å². The van der Waals surface area contributed by atoms with Crippen LogP contribution >= 0.6 is 24.0 Å². The van der Waals surface area contributed by atoms with E-state index in [4.69, 9.17) is 0 Å². The predicted octanol–water partition coefficient (Wildman–Crippen LogP) is 1.38. The van der Waals surface area contributed by atoms with Gasteiger partial charge in [0.05, 0.1) is 5.75 Å². The van der Waals surface area contributed by atoms with Gasteiger partial charge in [-0.1, -0.05) is 12.8 Å². The summed E-state index contributed by atoms with van der Waals surface area (Å²) in [7, 11) is -1.25. The van der Waals surface area contributed by atoms with Crippen molar-refractivity contribution in [1.82, 2.24) is 14.9 Å². The van der Waals surface area contributed by atoms with Crippen LogP contribution in [0, 0.1) is 5.92 Å². The molecule has 6 nitrogen and oxygen atoms in total. The Hall–Kier alpha value is -0.0900. The molecule has 0 bridgehead atoms. The Morgan fingerprint density at radius 2 is 1.86 bits per heavy atom. The van der Waals surface area contributed by atoms with Crippen LogP contribution < -0.4 is 10.6 Å². The minimum atomic E-state index is -3.04. The molecule has 22 heavy (non-hydrogen) atoms. The van der Waals surface area contributed by atoms with Crippen molar-refractivity contribution in [1.29, 1.82) is 0 Å². The first kappa shape index (κ1) is 20.0. The van der Waals surface area contributed by atoms with Crippen molar-refractivity contribution in [3.63, 3.8) is 0 Å². The standard InChI is InChI=1S/C14H28N4O2S.HI/c1-3-21(19,20)18-10-7-13(8-11-18)17-14(15-2)16-9-6-12-4-5-12;/h12-13H,3-11H2,1-2H3,(H2,15,16,17);1H. The van der Waals surface area contributed by atoms with Gasteiger partial charge in [-0.25, -0.2) is 12.7 Å². The molecule has 0 spiro atoms. The molecule has 0 atom stereocenters. The molecular formula is C14H29IN4O2S. The second kappa shape index (κ2) is 9.27. The van der Waals surface area contributed by atoms with E-state index in [-0.39, 0.29) is 29.7 Å². The van der Waals surface area contributed by atoms with E-state index in [1.165, 1.54) is 19.3 Å². The Morgan fingerprint density at radius 1 is 1.23 bits per heavy atom. The maximum atomic E-state index is 11.8. The van der Waals surface area contributed by atoms with E-state index in [1.807, 2.05) is 0 Å². The Morgan fingerprint density at radius 3 is 2.36 bits per heavy atom. The molecule has 0 aromatic rings. The first-order valence-electron chi connectivity index (χ1n) is 8.00. The highest BCUT2D eigenvalue weighted by atomic mass is 127. The van der Waals surface area contributed by atoms with Crippen molar-refractivity contribution in [3.8, 4) is 0 Å². The molecule has 1 saturated carbocycles. The highest BCUT2D eigenvalue weighted by Crippen LogP contribution is 2.31. The number of halogens is 1. The quantitative estimate of drug-likeness (QED) is 0.369. The highest BCUT2D eigenvalue weighted by molar-refractivity contribution is 14.0. The topological polar surface area (TPSA) is 73.8 Å². The van der Waals surface area contributed by atoms with Gasteiger partial charge >= 0.3 is 0 Å². The van der Waals surface area contributed by atoms with Crippen LogP contribution in [0.1, 0.15) is 39.0 Å². The number of guanidine groups is 1. The monoisotopic (exact) mass is 444 g/mol. The maximum Gasteiger partial charge on any atom is 0.213 e. The van der Waals surface area contributed by atoms with E-state index in [1.54, 1.807) is 18.3 Å². The van der Waals surface area contributed by atoms with Gasteiger partial charge < -0.3 is 10.6 Å². The third-order valence-electron chi connectivity index (χ3n) is 4.32. The number of hydrogen-bond donors (Lipinski definition) is 2. The summed E-state index contributed by atoms with van der Waals surface area (Å²) in [6.45, 7) is 3.87. The lowest BCUT2D eigenvalue weighted by molar-refractivity contribution is 0.306. The van der Waals surface area contributed by atoms with Crippen molar-refractivity contribution >= 4 is 40.0 Å². The summed E-state index contributed by atoms with van der Waals surface area (Å²) in [6, 6.07) is 0.306. The zero-order chi connectivity index (χ0) is 15.3. The van der Waals surface area contributed by atoms with Crippen LogP contribution in [0.2, 0.25) is 0 Å². The molecule has 0 aromatic heterocycles. The average molecular weight is 444 g/mol. The van der Waals surface area contributed by atoms with Crippen LogP contribution in [0.25, 0.3) is 0 Å². The number of aliphatic imine (C=N–C) groups is 1. The predicted molar refractivity (Wildman–Crippen MR) is 101 cm³/mol. The van der Waals surface area contributed by atoms with Crippen molar-refractivity contribution in [2.24, 2.45) is 10.9 Å². The van der Waals surface area contributed by atoms with Gasteiger partial charge in [0.1, 0.15) is 0 Å². The minimum absolute atomic E-state index is 0. The summed E-state index contributed by atoms with van der Waals surface area (Å²) in [6.07, 6.45) is 5.63. The molecule has 2 N–H and O–H groups in total. The zero-order valence-corrected chi connectivity index (χ0v) is 16.7. The molecule has 0 amide bonds. The van der Waals surface area contributed by atoms with E-state index in [0.717, 1.165) is 31.3 Å². The third kappa shape index (κ3) is 6.19. The summed E-state index contributed by atoms with van der Waals surface area (Å²) in [5.74, 6) is 1.95. The summed E-state index contributed by atoms with van der Waals surface area (Å²) in [5, 5.41) is 6.75. The van der Waals surface area contributed by atoms with E-state index in [9.17, 15) is 8.42 Å². The normalized spacial score (nSPS) is 21.3. The van der Waals surface area contributed by atoms with Gasteiger partial charge in [0.25, 0.3) is 0 Å². The molecule has 1 saturated heterocycles. The molecule has 0 aromatic carbocycles.